The highest BCUT2D eigenvalue weighted by atomic mass is 16.5. The Labute approximate surface area is 158 Å². The van der Waals surface area contributed by atoms with Gasteiger partial charge in [-0.1, -0.05) is 30.3 Å². The topological polar surface area (TPSA) is 60.3 Å². The minimum atomic E-state index is -0.405. The van der Waals surface area contributed by atoms with E-state index in [1.807, 2.05) is 56.3 Å². The minimum absolute atomic E-state index is 0.114. The average Bonchev–Trinajstić information content (AvgIpc) is 2.66. The number of ether oxygens (including phenoxy) is 1. The third-order valence-electron chi connectivity index (χ3n) is 4.47. The van der Waals surface area contributed by atoms with E-state index in [1.54, 1.807) is 25.4 Å². The number of carbonyl (C=O) groups is 1. The molecule has 0 spiro atoms. The molecule has 138 valence electrons. The lowest BCUT2D eigenvalue weighted by Gasteiger charge is -2.12. The fourth-order valence-corrected chi connectivity index (χ4v) is 2.99. The lowest BCUT2D eigenvalue weighted by Crippen LogP contribution is -2.29. The number of anilines is 1. The number of nitrogens with one attached hydrogen (secondary N) is 1. The van der Waals surface area contributed by atoms with Gasteiger partial charge in [-0.05, 0) is 54.8 Å². The van der Waals surface area contributed by atoms with Crippen LogP contribution in [0.5, 0.6) is 5.75 Å². The Morgan fingerprint density at radius 2 is 1.74 bits per heavy atom. The molecule has 1 aromatic heterocycles. The molecule has 0 aliphatic rings. The third-order valence-corrected chi connectivity index (χ3v) is 4.47. The first kappa shape index (κ1) is 18.5. The molecule has 1 heterocycles. The van der Waals surface area contributed by atoms with Gasteiger partial charge in [0.25, 0.3) is 11.5 Å². The predicted octanol–water partition coefficient (Wildman–Crippen LogP) is 3.77. The van der Waals surface area contributed by atoms with Gasteiger partial charge >= 0.3 is 0 Å². The normalized spacial score (nSPS) is 10.5. The number of amides is 1. The summed E-state index contributed by atoms with van der Waals surface area (Å²) in [6.45, 7) is 4.21. The van der Waals surface area contributed by atoms with E-state index in [0.29, 0.717) is 6.54 Å². The maximum absolute atomic E-state index is 12.8. The van der Waals surface area contributed by atoms with Crippen LogP contribution in [0.3, 0.4) is 0 Å². The molecule has 0 fully saturated rings. The third kappa shape index (κ3) is 4.08. The van der Waals surface area contributed by atoms with Gasteiger partial charge in [-0.2, -0.15) is 0 Å². The summed E-state index contributed by atoms with van der Waals surface area (Å²) in [4.78, 5) is 25.5. The molecule has 3 aromatic rings. The van der Waals surface area contributed by atoms with Crippen molar-refractivity contribution in [1.29, 1.82) is 0 Å². The zero-order chi connectivity index (χ0) is 19.4. The van der Waals surface area contributed by atoms with Crippen LogP contribution in [0.25, 0.3) is 0 Å². The van der Waals surface area contributed by atoms with Crippen LogP contribution in [-0.4, -0.2) is 17.6 Å². The summed E-state index contributed by atoms with van der Waals surface area (Å²) < 4.78 is 6.74. The number of benzene rings is 2. The van der Waals surface area contributed by atoms with E-state index < -0.39 is 5.91 Å². The van der Waals surface area contributed by atoms with Crippen molar-refractivity contribution in [1.82, 2.24) is 4.57 Å². The highest BCUT2D eigenvalue weighted by Gasteiger charge is 2.14. The van der Waals surface area contributed by atoms with Crippen LogP contribution >= 0.6 is 0 Å². The van der Waals surface area contributed by atoms with Gasteiger partial charge in [-0.3, -0.25) is 9.59 Å². The number of rotatable bonds is 5. The molecule has 0 aliphatic heterocycles. The Morgan fingerprint density at radius 3 is 2.44 bits per heavy atom. The van der Waals surface area contributed by atoms with Crippen molar-refractivity contribution in [2.45, 2.75) is 20.4 Å². The zero-order valence-corrected chi connectivity index (χ0v) is 15.7. The molecule has 0 aliphatic carbocycles. The smallest absolute Gasteiger partial charge is 0.263 e. The molecule has 1 amide bonds. The monoisotopic (exact) mass is 362 g/mol. The molecule has 0 atom stereocenters. The van der Waals surface area contributed by atoms with Crippen molar-refractivity contribution < 1.29 is 9.53 Å². The van der Waals surface area contributed by atoms with Gasteiger partial charge in [0.1, 0.15) is 11.3 Å². The van der Waals surface area contributed by atoms with Crippen molar-refractivity contribution in [3.8, 4) is 5.75 Å². The SMILES string of the molecule is COc1cccc(Cn2cccc(C(=O)Nc3c(C)cccc3C)c2=O)c1. The first-order valence-electron chi connectivity index (χ1n) is 8.69. The zero-order valence-electron chi connectivity index (χ0n) is 15.7. The number of aromatic nitrogens is 1. The first-order valence-corrected chi connectivity index (χ1v) is 8.69. The van der Waals surface area contributed by atoms with Crippen molar-refractivity contribution >= 4 is 11.6 Å². The maximum Gasteiger partial charge on any atom is 0.263 e. The number of hydrogen-bond donors (Lipinski definition) is 1. The fraction of sp³-hybridized carbons (Fsp3) is 0.182. The van der Waals surface area contributed by atoms with E-state index >= 15 is 0 Å². The van der Waals surface area contributed by atoms with Crippen LogP contribution in [0.1, 0.15) is 27.0 Å². The van der Waals surface area contributed by atoms with E-state index in [4.69, 9.17) is 4.74 Å². The van der Waals surface area contributed by atoms with Gasteiger partial charge in [-0.15, -0.1) is 0 Å². The highest BCUT2D eigenvalue weighted by molar-refractivity contribution is 6.04. The van der Waals surface area contributed by atoms with E-state index in [1.165, 1.54) is 4.57 Å². The number of aryl methyl sites for hydroxylation is 2. The number of hydrogen-bond acceptors (Lipinski definition) is 3. The molecule has 5 heteroatoms. The summed E-state index contributed by atoms with van der Waals surface area (Å²) in [5.41, 5.74) is 3.35. The lowest BCUT2D eigenvalue weighted by molar-refractivity contribution is 0.102. The van der Waals surface area contributed by atoms with E-state index in [-0.39, 0.29) is 11.1 Å². The van der Waals surface area contributed by atoms with Crippen molar-refractivity contribution in [3.05, 3.63) is 93.4 Å². The summed E-state index contributed by atoms with van der Waals surface area (Å²) >= 11 is 0. The van der Waals surface area contributed by atoms with Gasteiger partial charge in [0.05, 0.1) is 13.7 Å². The molecule has 0 radical (unpaired) electrons. The van der Waals surface area contributed by atoms with Crippen LogP contribution in [0, 0.1) is 13.8 Å². The Bertz CT molecular complexity index is 1020. The second-order valence-corrected chi connectivity index (χ2v) is 6.43. The van der Waals surface area contributed by atoms with Gasteiger partial charge in [0.15, 0.2) is 0 Å². The Balaban J connectivity index is 1.88. The molecule has 0 saturated heterocycles. The molecular weight excluding hydrogens is 340 g/mol. The van der Waals surface area contributed by atoms with Gasteiger partial charge < -0.3 is 14.6 Å². The Morgan fingerprint density at radius 1 is 1.04 bits per heavy atom. The van der Waals surface area contributed by atoms with Crippen LogP contribution in [0.4, 0.5) is 5.69 Å². The standard InChI is InChI=1S/C22H22N2O3/c1-15-7-4-8-16(2)20(15)23-21(25)19-11-6-12-24(22(19)26)14-17-9-5-10-18(13-17)27-3/h4-13H,14H2,1-3H3,(H,23,25). The van der Waals surface area contributed by atoms with Crippen molar-refractivity contribution in [2.24, 2.45) is 0 Å². The molecule has 1 N–H and O–H groups in total. The number of pyridine rings is 1. The van der Waals surface area contributed by atoms with Gasteiger partial charge in [0, 0.05) is 11.9 Å². The summed E-state index contributed by atoms with van der Waals surface area (Å²) in [6.07, 6.45) is 1.68. The minimum Gasteiger partial charge on any atom is -0.497 e. The van der Waals surface area contributed by atoms with Gasteiger partial charge in [-0.25, -0.2) is 0 Å². The van der Waals surface area contributed by atoms with Crippen LogP contribution in [0.2, 0.25) is 0 Å². The number of nitrogens with zero attached hydrogens (tertiary/aromatic N) is 1. The molecule has 5 nitrogen and oxygen atoms in total. The van der Waals surface area contributed by atoms with Crippen LogP contribution < -0.4 is 15.6 Å². The molecule has 2 aromatic carbocycles. The Kier molecular flexibility index (Phi) is 5.41. The number of carbonyl (C=O) groups excluding carboxylic acids is 1. The first-order chi connectivity index (χ1) is 13.0. The second kappa shape index (κ2) is 7.91. The summed E-state index contributed by atoms with van der Waals surface area (Å²) in [5, 5.41) is 2.87. The number of methoxy groups -OCH3 is 1. The molecule has 0 bridgehead atoms. The maximum atomic E-state index is 12.8. The van der Waals surface area contributed by atoms with Crippen LogP contribution in [-0.2, 0) is 6.54 Å². The van der Waals surface area contributed by atoms with Crippen molar-refractivity contribution in [2.75, 3.05) is 12.4 Å². The summed E-state index contributed by atoms with van der Waals surface area (Å²) in [6, 6.07) is 16.5. The van der Waals surface area contributed by atoms with E-state index in [9.17, 15) is 9.59 Å². The van der Waals surface area contributed by atoms with Gasteiger partial charge in [0.2, 0.25) is 0 Å². The number of para-hydroxylation sites is 1. The molecule has 3 rings (SSSR count). The molecule has 0 unspecified atom stereocenters. The van der Waals surface area contributed by atoms with E-state index in [0.717, 1.165) is 28.1 Å². The summed E-state index contributed by atoms with van der Waals surface area (Å²) in [5.74, 6) is 0.321. The molecule has 0 saturated carbocycles. The highest BCUT2D eigenvalue weighted by Crippen LogP contribution is 2.20. The van der Waals surface area contributed by atoms with E-state index in [2.05, 4.69) is 5.32 Å². The molecule has 27 heavy (non-hydrogen) atoms. The largest absolute Gasteiger partial charge is 0.497 e. The quantitative estimate of drug-likeness (QED) is 0.751. The predicted molar refractivity (Wildman–Crippen MR) is 107 cm³/mol. The average molecular weight is 362 g/mol. The van der Waals surface area contributed by atoms with Crippen LogP contribution in [0.15, 0.2) is 65.6 Å². The molecular formula is C22H22N2O3. The Hall–Kier alpha value is -3.34. The second-order valence-electron chi connectivity index (χ2n) is 6.43. The summed E-state index contributed by atoms with van der Waals surface area (Å²) in [7, 11) is 1.60. The van der Waals surface area contributed by atoms with Crippen molar-refractivity contribution in [3.63, 3.8) is 0 Å². The fourth-order valence-electron chi connectivity index (χ4n) is 2.99. The lowest BCUT2D eigenvalue weighted by atomic mass is 10.1.